The van der Waals surface area contributed by atoms with Crippen molar-refractivity contribution in [3.63, 3.8) is 0 Å². The zero-order valence-electron chi connectivity index (χ0n) is 10.8. The standard InChI is InChI=1S/C13H22N2O3/c1-8-5-6-15(11(7-8)13(17)18)12(16)9-3-2-4-10(9)14/h8-11H,2-7,14H2,1H3,(H,17,18). The van der Waals surface area contributed by atoms with Crippen LogP contribution in [0.25, 0.3) is 0 Å². The van der Waals surface area contributed by atoms with Gasteiger partial charge in [0.2, 0.25) is 5.91 Å². The number of rotatable bonds is 2. The van der Waals surface area contributed by atoms with Crippen molar-refractivity contribution in [1.29, 1.82) is 0 Å². The summed E-state index contributed by atoms with van der Waals surface area (Å²) in [5.41, 5.74) is 5.94. The SMILES string of the molecule is CC1CCN(C(=O)C2CCCC2N)C(C(=O)O)C1. The van der Waals surface area contributed by atoms with Crippen LogP contribution < -0.4 is 5.73 Å². The Hall–Kier alpha value is -1.10. The summed E-state index contributed by atoms with van der Waals surface area (Å²) in [7, 11) is 0. The summed E-state index contributed by atoms with van der Waals surface area (Å²) in [5, 5.41) is 9.26. The van der Waals surface area contributed by atoms with E-state index in [9.17, 15) is 14.7 Å². The molecule has 5 heteroatoms. The minimum absolute atomic E-state index is 0.0423. The molecule has 2 rings (SSSR count). The Bertz CT molecular complexity index is 345. The van der Waals surface area contributed by atoms with E-state index in [1.54, 1.807) is 4.90 Å². The summed E-state index contributed by atoms with van der Waals surface area (Å²) < 4.78 is 0. The van der Waals surface area contributed by atoms with Crippen LogP contribution in [0.2, 0.25) is 0 Å². The second-order valence-electron chi connectivity index (χ2n) is 5.72. The minimum atomic E-state index is -0.888. The van der Waals surface area contributed by atoms with Crippen LogP contribution in [-0.2, 0) is 9.59 Å². The Morgan fingerprint density at radius 2 is 2.00 bits per heavy atom. The molecule has 102 valence electrons. The van der Waals surface area contributed by atoms with Crippen molar-refractivity contribution < 1.29 is 14.7 Å². The van der Waals surface area contributed by atoms with Gasteiger partial charge in [-0.25, -0.2) is 4.79 Å². The number of nitrogens with two attached hydrogens (primary N) is 1. The van der Waals surface area contributed by atoms with Crippen LogP contribution >= 0.6 is 0 Å². The lowest BCUT2D eigenvalue weighted by Gasteiger charge is -2.38. The molecule has 4 atom stereocenters. The average molecular weight is 254 g/mol. The third-order valence-corrected chi connectivity index (χ3v) is 4.32. The van der Waals surface area contributed by atoms with Gasteiger partial charge in [0.05, 0.1) is 5.92 Å². The monoisotopic (exact) mass is 254 g/mol. The molecule has 0 spiro atoms. The molecule has 0 aromatic carbocycles. The molecule has 1 amide bonds. The van der Waals surface area contributed by atoms with Crippen LogP contribution in [0.15, 0.2) is 0 Å². The molecule has 1 aliphatic carbocycles. The van der Waals surface area contributed by atoms with Crippen molar-refractivity contribution in [2.45, 2.75) is 51.1 Å². The lowest BCUT2D eigenvalue weighted by molar-refractivity contribution is -0.155. The van der Waals surface area contributed by atoms with Crippen molar-refractivity contribution in [3.8, 4) is 0 Å². The maximum atomic E-state index is 12.4. The normalized spacial score (nSPS) is 36.7. The number of hydrogen-bond donors (Lipinski definition) is 2. The van der Waals surface area contributed by atoms with Gasteiger partial charge in [-0.15, -0.1) is 0 Å². The van der Waals surface area contributed by atoms with E-state index in [1.807, 2.05) is 6.92 Å². The van der Waals surface area contributed by atoms with Gasteiger partial charge in [0.25, 0.3) is 0 Å². The summed E-state index contributed by atoms with van der Waals surface area (Å²) in [5.74, 6) is -0.728. The van der Waals surface area contributed by atoms with Gasteiger partial charge in [0.1, 0.15) is 6.04 Å². The van der Waals surface area contributed by atoms with Crippen molar-refractivity contribution in [3.05, 3.63) is 0 Å². The van der Waals surface area contributed by atoms with Gasteiger partial charge in [-0.1, -0.05) is 13.3 Å². The molecule has 4 unspecified atom stereocenters. The van der Waals surface area contributed by atoms with Crippen LogP contribution in [-0.4, -0.2) is 40.5 Å². The molecule has 1 aliphatic heterocycles. The maximum Gasteiger partial charge on any atom is 0.326 e. The third-order valence-electron chi connectivity index (χ3n) is 4.32. The van der Waals surface area contributed by atoms with Gasteiger partial charge in [0.15, 0.2) is 0 Å². The van der Waals surface area contributed by atoms with Gasteiger partial charge >= 0.3 is 5.97 Å². The summed E-state index contributed by atoms with van der Waals surface area (Å²) >= 11 is 0. The summed E-state index contributed by atoms with van der Waals surface area (Å²) in [6.07, 6.45) is 4.09. The first kappa shape index (κ1) is 13.3. The van der Waals surface area contributed by atoms with Crippen molar-refractivity contribution >= 4 is 11.9 Å². The molecular formula is C13H22N2O3. The van der Waals surface area contributed by atoms with Crippen LogP contribution in [0.3, 0.4) is 0 Å². The molecule has 3 N–H and O–H groups in total. The molecule has 5 nitrogen and oxygen atoms in total. The van der Waals surface area contributed by atoms with Crippen LogP contribution in [0.1, 0.15) is 39.0 Å². The number of nitrogens with zero attached hydrogens (tertiary/aromatic N) is 1. The number of carboxylic acids is 1. The zero-order chi connectivity index (χ0) is 13.3. The predicted octanol–water partition coefficient (Wildman–Crippen LogP) is 0.826. The molecule has 0 radical (unpaired) electrons. The first-order valence-electron chi connectivity index (χ1n) is 6.79. The second-order valence-corrected chi connectivity index (χ2v) is 5.72. The molecule has 0 aromatic heterocycles. The molecule has 1 saturated heterocycles. The zero-order valence-corrected chi connectivity index (χ0v) is 10.8. The van der Waals surface area contributed by atoms with E-state index >= 15 is 0 Å². The van der Waals surface area contributed by atoms with Crippen LogP contribution in [0, 0.1) is 11.8 Å². The molecule has 1 saturated carbocycles. The van der Waals surface area contributed by atoms with Gasteiger partial charge in [-0.3, -0.25) is 4.79 Å². The van der Waals surface area contributed by atoms with E-state index < -0.39 is 12.0 Å². The van der Waals surface area contributed by atoms with Crippen molar-refractivity contribution in [2.24, 2.45) is 17.6 Å². The first-order valence-corrected chi connectivity index (χ1v) is 6.79. The van der Waals surface area contributed by atoms with Crippen LogP contribution in [0.5, 0.6) is 0 Å². The Balaban J connectivity index is 2.09. The largest absolute Gasteiger partial charge is 0.480 e. The number of amides is 1. The van der Waals surface area contributed by atoms with Crippen LogP contribution in [0.4, 0.5) is 0 Å². The Kier molecular flexibility index (Phi) is 3.90. The summed E-state index contributed by atoms with van der Waals surface area (Å²) in [4.78, 5) is 25.3. The highest BCUT2D eigenvalue weighted by atomic mass is 16.4. The topological polar surface area (TPSA) is 83.6 Å². The Morgan fingerprint density at radius 1 is 1.28 bits per heavy atom. The number of carbonyl (C=O) groups excluding carboxylic acids is 1. The molecule has 1 heterocycles. The highest BCUT2D eigenvalue weighted by Gasteiger charge is 2.40. The first-order chi connectivity index (χ1) is 8.50. The van der Waals surface area contributed by atoms with Gasteiger partial charge in [0, 0.05) is 12.6 Å². The van der Waals surface area contributed by atoms with Crippen molar-refractivity contribution in [1.82, 2.24) is 4.90 Å². The quantitative estimate of drug-likeness (QED) is 0.764. The fourth-order valence-electron chi connectivity index (χ4n) is 3.15. The molecule has 0 aromatic rings. The smallest absolute Gasteiger partial charge is 0.326 e. The van der Waals surface area contributed by atoms with Gasteiger partial charge in [-0.2, -0.15) is 0 Å². The van der Waals surface area contributed by atoms with E-state index in [0.29, 0.717) is 18.9 Å². The Labute approximate surface area is 107 Å². The number of likely N-dealkylation sites (tertiary alicyclic amines) is 1. The average Bonchev–Trinajstić information content (AvgIpc) is 2.74. The fourth-order valence-corrected chi connectivity index (χ4v) is 3.15. The van der Waals surface area contributed by atoms with E-state index in [4.69, 9.17) is 5.73 Å². The molecule has 2 fully saturated rings. The number of piperidine rings is 1. The number of hydrogen-bond acceptors (Lipinski definition) is 3. The van der Waals surface area contributed by atoms with E-state index in [1.165, 1.54) is 0 Å². The minimum Gasteiger partial charge on any atom is -0.480 e. The fraction of sp³-hybridized carbons (Fsp3) is 0.846. The summed E-state index contributed by atoms with van der Waals surface area (Å²) in [6.45, 7) is 2.60. The third kappa shape index (κ3) is 2.51. The predicted molar refractivity (Wildman–Crippen MR) is 66.9 cm³/mol. The number of aliphatic carboxylic acids is 1. The number of carbonyl (C=O) groups is 2. The lowest BCUT2D eigenvalue weighted by atomic mass is 9.90. The van der Waals surface area contributed by atoms with Crippen molar-refractivity contribution in [2.75, 3.05) is 6.54 Å². The maximum absolute atomic E-state index is 12.4. The highest BCUT2D eigenvalue weighted by molar-refractivity contribution is 5.86. The Morgan fingerprint density at radius 3 is 2.56 bits per heavy atom. The van der Waals surface area contributed by atoms with E-state index in [2.05, 4.69) is 0 Å². The lowest BCUT2D eigenvalue weighted by Crippen LogP contribution is -2.53. The van der Waals surface area contributed by atoms with E-state index in [0.717, 1.165) is 25.7 Å². The highest BCUT2D eigenvalue weighted by Crippen LogP contribution is 2.30. The molecule has 18 heavy (non-hydrogen) atoms. The molecule has 0 bridgehead atoms. The molecule has 2 aliphatic rings. The summed E-state index contributed by atoms with van der Waals surface area (Å²) in [6, 6.07) is -0.750. The second kappa shape index (κ2) is 5.26. The van der Waals surface area contributed by atoms with Gasteiger partial charge < -0.3 is 15.7 Å². The van der Waals surface area contributed by atoms with E-state index in [-0.39, 0.29) is 17.9 Å². The molecular weight excluding hydrogens is 232 g/mol. The number of carboxylic acid groups (broad SMARTS) is 1. The van der Waals surface area contributed by atoms with Gasteiger partial charge in [-0.05, 0) is 31.6 Å².